The summed E-state index contributed by atoms with van der Waals surface area (Å²) in [6.45, 7) is 12.2. The van der Waals surface area contributed by atoms with Gasteiger partial charge in [0.05, 0.1) is 19.5 Å². The molecule has 1 aliphatic heterocycles. The Balaban J connectivity index is 1.89. The van der Waals surface area contributed by atoms with Gasteiger partial charge < -0.3 is 34.7 Å². The van der Waals surface area contributed by atoms with E-state index in [2.05, 4.69) is 20.0 Å². The van der Waals surface area contributed by atoms with E-state index in [0.717, 1.165) is 11.5 Å². The molecule has 3 rings (SSSR count). The number of ether oxygens (including phenoxy) is 3. The average Bonchev–Trinajstić information content (AvgIpc) is 3.41. The van der Waals surface area contributed by atoms with E-state index in [1.54, 1.807) is 26.0 Å². The number of anilines is 1. The second-order valence-corrected chi connectivity index (χ2v) is 13.4. The molecule has 2 unspecified atom stereocenters. The van der Waals surface area contributed by atoms with Gasteiger partial charge in [-0.2, -0.15) is 15.1 Å². The number of nitrogen functional groups attached to an aromatic ring is 1. The van der Waals surface area contributed by atoms with Crippen LogP contribution >= 0.6 is 7.75 Å². The predicted molar refractivity (Wildman–Crippen MR) is 158 cm³/mol. The second-order valence-electron chi connectivity index (χ2n) is 11.7. The highest BCUT2D eigenvalue weighted by molar-refractivity contribution is 7.51. The lowest BCUT2D eigenvalue weighted by atomic mass is 9.95. The van der Waals surface area contributed by atoms with Gasteiger partial charge in [0.25, 0.3) is 5.85 Å². The first kappa shape index (κ1) is 35.3. The van der Waals surface area contributed by atoms with Gasteiger partial charge in [0.1, 0.15) is 30.1 Å². The van der Waals surface area contributed by atoms with Crippen molar-refractivity contribution in [1.29, 1.82) is 0 Å². The quantitative estimate of drug-likeness (QED) is 0.107. The number of aromatic nitrogens is 4. The molecular formula is C27H42FN6O9P. The third-order valence-electron chi connectivity index (χ3n) is 6.28. The molecule has 0 amide bonds. The first-order chi connectivity index (χ1) is 20.4. The largest absolute Gasteiger partial charge is 0.476 e. The topological polar surface area (TPSA) is 202 Å². The van der Waals surface area contributed by atoms with Gasteiger partial charge in [0.15, 0.2) is 17.4 Å². The Hall–Kier alpha value is -3.14. The lowest BCUT2D eigenvalue weighted by molar-refractivity contribution is -0.203. The van der Waals surface area contributed by atoms with Crippen LogP contribution in [0.25, 0.3) is 11.2 Å². The zero-order valence-corrected chi connectivity index (χ0v) is 27.0. The first-order valence-electron chi connectivity index (χ1n) is 13.9. The number of aliphatic hydroxyl groups excluding tert-OH is 1. The lowest BCUT2D eigenvalue weighted by Gasteiger charge is -2.29. The summed E-state index contributed by atoms with van der Waals surface area (Å²) in [6, 6.07) is -1.21. The van der Waals surface area contributed by atoms with Gasteiger partial charge in [0.2, 0.25) is 11.8 Å². The Bertz CT molecular complexity index is 1440. The SMILES string of the molecule is C/C=C\C=C(/C)OP(=O)(NC(C)C(=O)OCC(C)(C)C)OC[C@@]1(F)O[C@@H](n2cnc3c(OCC)nc(N)nc32)[C@](C)(O)[C@@H]1O. The van der Waals surface area contributed by atoms with Crippen LogP contribution in [-0.2, 0) is 27.9 Å². The normalized spacial score (nSPS) is 26.6. The lowest BCUT2D eigenvalue weighted by Crippen LogP contribution is -2.49. The molecule has 3 heterocycles. The summed E-state index contributed by atoms with van der Waals surface area (Å²) in [6.07, 6.45) is 2.11. The Morgan fingerprint density at radius 1 is 1.39 bits per heavy atom. The Kier molecular flexibility index (Phi) is 10.8. The molecule has 5 N–H and O–H groups in total. The molecule has 0 aliphatic carbocycles. The van der Waals surface area contributed by atoms with Crippen LogP contribution in [0.2, 0.25) is 0 Å². The van der Waals surface area contributed by atoms with Crippen LogP contribution in [0, 0.1) is 5.41 Å². The van der Waals surface area contributed by atoms with E-state index in [4.69, 9.17) is 29.0 Å². The molecule has 2 aromatic rings. The number of allylic oxidation sites excluding steroid dienone is 4. The molecule has 1 aliphatic rings. The number of carbonyl (C=O) groups is 1. The minimum atomic E-state index is -4.53. The molecule has 0 aromatic carbocycles. The molecular weight excluding hydrogens is 602 g/mol. The number of hydrogen-bond acceptors (Lipinski definition) is 13. The fourth-order valence-electron chi connectivity index (χ4n) is 4.12. The maximum absolute atomic E-state index is 16.3. The molecule has 15 nitrogen and oxygen atoms in total. The fraction of sp³-hybridized carbons (Fsp3) is 0.630. The molecule has 2 aromatic heterocycles. The molecule has 0 radical (unpaired) electrons. The third-order valence-corrected chi connectivity index (χ3v) is 7.98. The zero-order chi connectivity index (χ0) is 33.1. The monoisotopic (exact) mass is 644 g/mol. The van der Waals surface area contributed by atoms with E-state index >= 15 is 4.39 Å². The Morgan fingerprint density at radius 2 is 2.07 bits per heavy atom. The number of nitrogens with zero attached hydrogens (tertiary/aromatic N) is 4. The third kappa shape index (κ3) is 8.11. The van der Waals surface area contributed by atoms with Crippen LogP contribution < -0.4 is 15.6 Å². The molecule has 6 atom stereocenters. The summed E-state index contributed by atoms with van der Waals surface area (Å²) in [4.78, 5) is 24.9. The number of alkyl halides is 1. The van der Waals surface area contributed by atoms with Crippen LogP contribution in [0.15, 0.2) is 30.3 Å². The van der Waals surface area contributed by atoms with Crippen molar-refractivity contribution in [3.63, 3.8) is 0 Å². The molecule has 0 bridgehead atoms. The number of rotatable bonds is 13. The number of aliphatic hydroxyl groups is 2. The average molecular weight is 645 g/mol. The van der Waals surface area contributed by atoms with Crippen LogP contribution in [0.5, 0.6) is 5.88 Å². The molecule has 1 fully saturated rings. The maximum Gasteiger partial charge on any atom is 0.459 e. The number of halogens is 1. The van der Waals surface area contributed by atoms with Gasteiger partial charge in [0, 0.05) is 0 Å². The van der Waals surface area contributed by atoms with Crippen molar-refractivity contribution in [3.05, 3.63) is 30.3 Å². The highest BCUT2D eigenvalue weighted by Gasteiger charge is 2.64. The van der Waals surface area contributed by atoms with Gasteiger partial charge in [-0.05, 0) is 46.1 Å². The number of fused-ring (bicyclic) bond motifs is 1. The van der Waals surface area contributed by atoms with E-state index in [-0.39, 0.29) is 47.4 Å². The van der Waals surface area contributed by atoms with Crippen molar-refractivity contribution < 1.29 is 47.2 Å². The minimum absolute atomic E-state index is 0.0339. The molecule has 1 saturated heterocycles. The molecule has 0 saturated carbocycles. The van der Waals surface area contributed by atoms with Crippen LogP contribution in [0.1, 0.15) is 61.6 Å². The van der Waals surface area contributed by atoms with Crippen molar-refractivity contribution in [2.24, 2.45) is 5.41 Å². The van der Waals surface area contributed by atoms with Gasteiger partial charge >= 0.3 is 13.7 Å². The number of nitrogens with two attached hydrogens (primary N) is 1. The van der Waals surface area contributed by atoms with Crippen molar-refractivity contribution in [3.8, 4) is 5.88 Å². The molecule has 246 valence electrons. The van der Waals surface area contributed by atoms with Crippen molar-refractivity contribution >= 4 is 30.8 Å². The van der Waals surface area contributed by atoms with Gasteiger partial charge in [-0.25, -0.2) is 13.9 Å². The number of nitrogens with one attached hydrogen (secondary N) is 1. The predicted octanol–water partition coefficient (Wildman–Crippen LogP) is 3.30. The maximum atomic E-state index is 16.3. The summed E-state index contributed by atoms with van der Waals surface area (Å²) in [5.74, 6) is -3.91. The van der Waals surface area contributed by atoms with Crippen molar-refractivity contribution in [1.82, 2.24) is 24.6 Å². The van der Waals surface area contributed by atoms with E-state index in [9.17, 15) is 19.6 Å². The van der Waals surface area contributed by atoms with Crippen molar-refractivity contribution in [2.45, 2.75) is 85.2 Å². The van der Waals surface area contributed by atoms with Gasteiger partial charge in [-0.1, -0.05) is 32.9 Å². The molecule has 17 heteroatoms. The standard InChI is InChI=1S/C27H42FN6O9P/c1-9-11-12-16(3)43-44(38,33-17(4)21(35)40-13-25(5,6)7)41-14-27(28)22(36)26(8,37)23(42-27)34-15-30-18-19(34)31-24(29)32-20(18)39-10-2/h9,11-12,15,17,22-23,36-37H,10,13-14H2,1-8H3,(H,33,38)(H2,29,31,32)/b11-9-,16-12+/t17?,22-,23+,26+,27+,44?/m0/s1. The van der Waals surface area contributed by atoms with Crippen LogP contribution in [0.4, 0.5) is 10.3 Å². The Labute approximate surface area is 255 Å². The van der Waals surface area contributed by atoms with Crippen LogP contribution in [-0.4, -0.2) is 79.1 Å². The zero-order valence-electron chi connectivity index (χ0n) is 26.1. The van der Waals surface area contributed by atoms with Crippen molar-refractivity contribution in [2.75, 3.05) is 25.6 Å². The van der Waals surface area contributed by atoms with E-state index < -0.39 is 50.2 Å². The summed E-state index contributed by atoms with van der Waals surface area (Å²) in [5.41, 5.74) is 3.38. The smallest absolute Gasteiger partial charge is 0.459 e. The Morgan fingerprint density at radius 3 is 2.68 bits per heavy atom. The van der Waals surface area contributed by atoms with E-state index in [0.29, 0.717) is 0 Å². The van der Waals surface area contributed by atoms with Gasteiger partial charge in [-0.15, -0.1) is 0 Å². The number of carbonyl (C=O) groups excluding carboxylic acids is 1. The number of hydrogen-bond donors (Lipinski definition) is 4. The van der Waals surface area contributed by atoms with E-state index in [1.165, 1.54) is 26.3 Å². The summed E-state index contributed by atoms with van der Waals surface area (Å²) in [7, 11) is -4.53. The summed E-state index contributed by atoms with van der Waals surface area (Å²) < 4.78 is 58.5. The fourth-order valence-corrected chi connectivity index (χ4v) is 5.67. The highest BCUT2D eigenvalue weighted by Crippen LogP contribution is 2.51. The summed E-state index contributed by atoms with van der Waals surface area (Å²) in [5, 5.41) is 24.6. The minimum Gasteiger partial charge on any atom is -0.476 e. The first-order valence-corrected chi connectivity index (χ1v) is 15.5. The number of esters is 1. The molecule has 44 heavy (non-hydrogen) atoms. The van der Waals surface area contributed by atoms with E-state index in [1.807, 2.05) is 20.8 Å². The van der Waals surface area contributed by atoms with Gasteiger partial charge in [-0.3, -0.25) is 13.9 Å². The van der Waals surface area contributed by atoms with Crippen LogP contribution in [0.3, 0.4) is 0 Å². The number of imidazole rings is 1. The molecule has 0 spiro atoms. The summed E-state index contributed by atoms with van der Waals surface area (Å²) >= 11 is 0. The second kappa shape index (κ2) is 13.5. The highest BCUT2D eigenvalue weighted by atomic mass is 31.2.